The third-order valence-corrected chi connectivity index (χ3v) is 2.56. The topological polar surface area (TPSA) is 200 Å². The fourth-order valence-corrected chi connectivity index (χ4v) is 1.44. The quantitative estimate of drug-likeness (QED) is 0.317. The van der Waals surface area contributed by atoms with E-state index in [-0.39, 0.29) is 5.17 Å². The highest BCUT2D eigenvalue weighted by molar-refractivity contribution is 8.13. The summed E-state index contributed by atoms with van der Waals surface area (Å²) in [5, 5.41) is 47.1. The first kappa shape index (κ1) is 19.0. The number of nitrogens with two attached hydrogens (primary N) is 1. The summed E-state index contributed by atoms with van der Waals surface area (Å²) in [5.41, 5.74) is 1.95. The molecule has 0 aliphatic rings. The molecule has 0 saturated carbocycles. The van der Waals surface area contributed by atoms with Gasteiger partial charge >= 0.3 is 11.4 Å². The maximum atomic E-state index is 10.4. The van der Waals surface area contributed by atoms with Crippen LogP contribution in [0.2, 0.25) is 0 Å². The van der Waals surface area contributed by atoms with Crippen LogP contribution in [0, 0.1) is 35.8 Å². The lowest BCUT2D eigenvalue weighted by molar-refractivity contribution is -0.404. The standard InChI is InChI=1S/C6H3N3O7.C3H8N2S/c10-6-4(8(13)14)1-3(7(11)12)2-5(6)9(15)16;1-2-6-3(4)5/h1-2,10H;2H2,1H3,(H3,4,5). The summed E-state index contributed by atoms with van der Waals surface area (Å²) < 4.78 is 0. The Hall–Kier alpha value is -2.96. The molecule has 0 saturated heterocycles. The van der Waals surface area contributed by atoms with Gasteiger partial charge in [-0.1, -0.05) is 18.7 Å². The number of amidine groups is 1. The number of phenols is 1. The van der Waals surface area contributed by atoms with E-state index < -0.39 is 37.6 Å². The van der Waals surface area contributed by atoms with Crippen molar-refractivity contribution in [1.29, 1.82) is 5.41 Å². The molecule has 0 fully saturated rings. The number of nitrogens with zero attached hydrogens (tertiary/aromatic N) is 3. The molecular weight excluding hydrogens is 322 g/mol. The van der Waals surface area contributed by atoms with Crippen molar-refractivity contribution >= 4 is 34.0 Å². The number of non-ortho nitro benzene ring substituents is 1. The molecule has 1 rings (SSSR count). The molecule has 0 spiro atoms. The molecule has 0 aromatic heterocycles. The number of nitro groups is 3. The predicted molar refractivity (Wildman–Crippen MR) is 78.1 cm³/mol. The Kier molecular flexibility index (Phi) is 7.23. The highest BCUT2D eigenvalue weighted by atomic mass is 32.2. The van der Waals surface area contributed by atoms with Gasteiger partial charge in [-0.05, 0) is 5.75 Å². The molecule has 0 heterocycles. The molecule has 4 N–H and O–H groups in total. The minimum atomic E-state index is -1.21. The van der Waals surface area contributed by atoms with Gasteiger partial charge in [0, 0.05) is 0 Å². The second-order valence-electron chi connectivity index (χ2n) is 3.40. The zero-order valence-electron chi connectivity index (χ0n) is 11.1. The van der Waals surface area contributed by atoms with Crippen LogP contribution in [0.3, 0.4) is 0 Å². The van der Waals surface area contributed by atoms with Crippen LogP contribution < -0.4 is 5.73 Å². The van der Waals surface area contributed by atoms with E-state index in [1.165, 1.54) is 11.8 Å². The summed E-state index contributed by atoms with van der Waals surface area (Å²) in [7, 11) is 0. The molecule has 22 heavy (non-hydrogen) atoms. The molecule has 12 nitrogen and oxygen atoms in total. The molecule has 120 valence electrons. The number of nitro benzene ring substituents is 3. The van der Waals surface area contributed by atoms with Gasteiger partial charge < -0.3 is 10.8 Å². The Balaban J connectivity index is 0.000000626. The van der Waals surface area contributed by atoms with Crippen molar-refractivity contribution in [2.75, 3.05) is 5.75 Å². The summed E-state index contributed by atoms with van der Waals surface area (Å²) in [6.45, 7) is 1.96. The van der Waals surface area contributed by atoms with E-state index in [9.17, 15) is 30.3 Å². The number of aromatic hydroxyl groups is 1. The van der Waals surface area contributed by atoms with Crippen molar-refractivity contribution in [2.24, 2.45) is 5.73 Å². The summed E-state index contributed by atoms with van der Waals surface area (Å²) in [6, 6.07) is 0.894. The minimum absolute atomic E-state index is 0.206. The Bertz CT molecular complexity index is 585. The largest absolute Gasteiger partial charge is 0.497 e. The van der Waals surface area contributed by atoms with Crippen molar-refractivity contribution < 1.29 is 19.9 Å². The first-order chi connectivity index (χ1) is 10.1. The Morgan fingerprint density at radius 2 is 1.59 bits per heavy atom. The van der Waals surface area contributed by atoms with E-state index in [0.29, 0.717) is 12.1 Å². The smallest absolute Gasteiger partial charge is 0.324 e. The third-order valence-electron chi connectivity index (χ3n) is 1.96. The average molecular weight is 333 g/mol. The van der Waals surface area contributed by atoms with Crippen molar-refractivity contribution in [3.05, 3.63) is 42.5 Å². The number of rotatable bonds is 4. The molecular formula is C9H11N5O7S. The molecule has 0 amide bonds. The van der Waals surface area contributed by atoms with Gasteiger partial charge in [0.05, 0.1) is 26.9 Å². The van der Waals surface area contributed by atoms with Gasteiger partial charge in [0.1, 0.15) is 0 Å². The zero-order valence-corrected chi connectivity index (χ0v) is 11.9. The summed E-state index contributed by atoms with van der Waals surface area (Å²) >= 11 is 1.35. The van der Waals surface area contributed by atoms with Crippen LogP contribution in [0.4, 0.5) is 17.1 Å². The lowest BCUT2D eigenvalue weighted by Gasteiger charge is -1.97. The van der Waals surface area contributed by atoms with Crippen molar-refractivity contribution in [3.63, 3.8) is 0 Å². The van der Waals surface area contributed by atoms with E-state index >= 15 is 0 Å². The van der Waals surface area contributed by atoms with Crippen LogP contribution in [0.25, 0.3) is 0 Å². The normalized spacial score (nSPS) is 9.32. The highest BCUT2D eigenvalue weighted by Crippen LogP contribution is 2.38. The zero-order chi connectivity index (χ0) is 17.4. The summed E-state index contributed by atoms with van der Waals surface area (Å²) in [6.07, 6.45) is 0. The minimum Gasteiger partial charge on any atom is -0.497 e. The van der Waals surface area contributed by atoms with Gasteiger partial charge in [0.15, 0.2) is 5.17 Å². The fourth-order valence-electron chi connectivity index (χ4n) is 1.13. The van der Waals surface area contributed by atoms with Gasteiger partial charge in [-0.25, -0.2) is 0 Å². The van der Waals surface area contributed by atoms with Gasteiger partial charge in [0.2, 0.25) is 0 Å². The van der Waals surface area contributed by atoms with Crippen LogP contribution in [-0.2, 0) is 0 Å². The van der Waals surface area contributed by atoms with Crippen molar-refractivity contribution in [2.45, 2.75) is 6.92 Å². The molecule has 0 radical (unpaired) electrons. The molecule has 0 atom stereocenters. The second kappa shape index (κ2) is 8.35. The fraction of sp³-hybridized carbons (Fsp3) is 0.222. The average Bonchev–Trinajstić information content (AvgIpc) is 2.38. The maximum absolute atomic E-state index is 10.4. The summed E-state index contributed by atoms with van der Waals surface area (Å²) in [5.74, 6) is -0.310. The van der Waals surface area contributed by atoms with E-state index in [1.807, 2.05) is 6.92 Å². The molecule has 0 aliphatic heterocycles. The molecule has 0 bridgehead atoms. The molecule has 1 aromatic rings. The van der Waals surface area contributed by atoms with Gasteiger partial charge in [-0.2, -0.15) is 0 Å². The van der Waals surface area contributed by atoms with Crippen LogP contribution >= 0.6 is 11.8 Å². The lowest BCUT2D eigenvalue weighted by atomic mass is 10.2. The Morgan fingerprint density at radius 1 is 1.18 bits per heavy atom. The number of thioether (sulfide) groups is 1. The number of nitrogens with one attached hydrogen (secondary N) is 1. The lowest BCUT2D eigenvalue weighted by Crippen LogP contribution is -2.02. The van der Waals surface area contributed by atoms with Crippen LogP contribution in [-0.4, -0.2) is 30.8 Å². The number of phenolic OH excluding ortho intramolecular Hbond substituents is 1. The van der Waals surface area contributed by atoms with Crippen molar-refractivity contribution in [1.82, 2.24) is 0 Å². The van der Waals surface area contributed by atoms with Crippen LogP contribution in [0.5, 0.6) is 5.75 Å². The van der Waals surface area contributed by atoms with Crippen LogP contribution in [0.15, 0.2) is 12.1 Å². The second-order valence-corrected chi connectivity index (χ2v) is 4.71. The number of hydrogen-bond donors (Lipinski definition) is 3. The van der Waals surface area contributed by atoms with Gasteiger partial charge in [-0.3, -0.25) is 35.8 Å². The molecule has 13 heteroatoms. The molecule has 0 aliphatic carbocycles. The predicted octanol–water partition coefficient (Wildman–Crippen LogP) is 1.75. The highest BCUT2D eigenvalue weighted by Gasteiger charge is 2.30. The monoisotopic (exact) mass is 333 g/mol. The van der Waals surface area contributed by atoms with Gasteiger partial charge in [-0.15, -0.1) is 0 Å². The SMILES string of the molecule is CCSC(=N)N.O=[N+]([O-])c1cc([N+](=O)[O-])c(O)c([N+](=O)[O-])c1. The van der Waals surface area contributed by atoms with Gasteiger partial charge in [0.25, 0.3) is 11.4 Å². The van der Waals surface area contributed by atoms with E-state index in [4.69, 9.17) is 16.2 Å². The number of benzene rings is 1. The summed E-state index contributed by atoms with van der Waals surface area (Å²) in [4.78, 5) is 27.8. The number of hydrogen-bond acceptors (Lipinski definition) is 9. The first-order valence-corrected chi connectivity index (χ1v) is 6.37. The van der Waals surface area contributed by atoms with E-state index in [2.05, 4.69) is 0 Å². The maximum Gasteiger partial charge on any atom is 0.324 e. The Morgan fingerprint density at radius 3 is 1.77 bits per heavy atom. The van der Waals surface area contributed by atoms with Crippen molar-refractivity contribution in [3.8, 4) is 5.75 Å². The third kappa shape index (κ3) is 5.58. The van der Waals surface area contributed by atoms with E-state index in [1.54, 1.807) is 0 Å². The Labute approximate surface area is 126 Å². The first-order valence-electron chi connectivity index (χ1n) is 5.38. The van der Waals surface area contributed by atoms with Crippen LogP contribution in [0.1, 0.15) is 6.92 Å². The van der Waals surface area contributed by atoms with E-state index in [0.717, 1.165) is 5.75 Å². The molecule has 0 unspecified atom stereocenters. The molecule has 1 aromatic carbocycles.